The summed E-state index contributed by atoms with van der Waals surface area (Å²) in [6.45, 7) is 1.05. The van der Waals surface area contributed by atoms with Gasteiger partial charge >= 0.3 is 5.97 Å². The molecule has 2 aromatic rings. The Morgan fingerprint density at radius 1 is 0.966 bits per heavy atom. The van der Waals surface area contributed by atoms with E-state index < -0.39 is 24.5 Å². The normalized spacial score (nSPS) is 11.2. The zero-order valence-electron chi connectivity index (χ0n) is 16.6. The number of ketones is 1. The largest absolute Gasteiger partial charge is 0.493 e. The van der Waals surface area contributed by atoms with Gasteiger partial charge in [0.15, 0.2) is 23.9 Å². The van der Waals surface area contributed by atoms with Gasteiger partial charge in [0.1, 0.15) is 0 Å². The van der Waals surface area contributed by atoms with E-state index in [2.05, 4.69) is 5.32 Å². The second kappa shape index (κ2) is 11.5. The van der Waals surface area contributed by atoms with Crippen LogP contribution in [0.3, 0.4) is 0 Å². The van der Waals surface area contributed by atoms with Crippen LogP contribution in [0.15, 0.2) is 54.6 Å². The average Bonchev–Trinajstić information content (AvgIpc) is 2.73. The maximum Gasteiger partial charge on any atom is 0.309 e. The lowest BCUT2D eigenvalue weighted by atomic mass is 10.0. The molecule has 0 fully saturated rings. The molecule has 0 aliphatic carbocycles. The highest BCUT2D eigenvalue weighted by atomic mass is 16.5. The molecule has 1 N–H and O–H groups in total. The predicted molar refractivity (Wildman–Crippen MR) is 107 cm³/mol. The molecule has 1 amide bonds. The van der Waals surface area contributed by atoms with E-state index in [0.717, 1.165) is 5.56 Å². The lowest BCUT2D eigenvalue weighted by Crippen LogP contribution is -2.43. The Balaban J connectivity index is 1.72. The van der Waals surface area contributed by atoms with Gasteiger partial charge in [-0.3, -0.25) is 14.4 Å². The zero-order valence-corrected chi connectivity index (χ0v) is 16.6. The fourth-order valence-electron chi connectivity index (χ4n) is 2.58. The molecule has 0 aliphatic heterocycles. The predicted octanol–water partition coefficient (Wildman–Crippen LogP) is 2.32. The standard InChI is InChI=1S/C22H25NO6/c1-16(24)18(14-17-8-4-3-5-9-17)23-21(25)15-29-22(26)12-13-28-20-11-7-6-10-19(20)27-2/h3-11,18H,12-15H2,1-2H3,(H,23,25). The molecule has 0 heterocycles. The van der Waals surface area contributed by atoms with Crippen LogP contribution in [0.1, 0.15) is 18.9 Å². The monoisotopic (exact) mass is 399 g/mol. The van der Waals surface area contributed by atoms with Crippen LogP contribution in [0.2, 0.25) is 0 Å². The molecule has 0 aliphatic rings. The van der Waals surface area contributed by atoms with Crippen LogP contribution in [0.4, 0.5) is 0 Å². The number of benzene rings is 2. The second-order valence-electron chi connectivity index (χ2n) is 6.33. The van der Waals surface area contributed by atoms with Crippen LogP contribution in [-0.4, -0.2) is 44.0 Å². The number of carbonyl (C=O) groups is 3. The maximum absolute atomic E-state index is 12.0. The molecule has 1 unspecified atom stereocenters. The van der Waals surface area contributed by atoms with Gasteiger partial charge < -0.3 is 19.5 Å². The number of esters is 1. The molecule has 2 aromatic carbocycles. The molecule has 0 spiro atoms. The molecule has 0 saturated carbocycles. The summed E-state index contributed by atoms with van der Waals surface area (Å²) in [4.78, 5) is 35.7. The van der Waals surface area contributed by atoms with Crippen LogP contribution in [0.25, 0.3) is 0 Å². The van der Waals surface area contributed by atoms with E-state index in [1.54, 1.807) is 18.2 Å². The van der Waals surface area contributed by atoms with Gasteiger partial charge in [0.25, 0.3) is 5.91 Å². The van der Waals surface area contributed by atoms with Crippen molar-refractivity contribution >= 4 is 17.7 Å². The topological polar surface area (TPSA) is 90.9 Å². The lowest BCUT2D eigenvalue weighted by molar-refractivity contribution is -0.149. The number of nitrogens with one attached hydrogen (secondary N) is 1. The van der Waals surface area contributed by atoms with Gasteiger partial charge in [-0.2, -0.15) is 0 Å². The number of rotatable bonds is 11. The molecule has 1 atom stereocenters. The summed E-state index contributed by atoms with van der Waals surface area (Å²) in [5.74, 6) is -0.184. The summed E-state index contributed by atoms with van der Waals surface area (Å²) < 4.78 is 15.6. The number of carbonyl (C=O) groups excluding carboxylic acids is 3. The molecule has 154 valence electrons. The van der Waals surface area contributed by atoms with E-state index in [-0.39, 0.29) is 18.8 Å². The van der Waals surface area contributed by atoms with Crippen molar-refractivity contribution in [2.24, 2.45) is 0 Å². The number of hydrogen-bond acceptors (Lipinski definition) is 6. The van der Waals surface area contributed by atoms with Crippen molar-refractivity contribution in [1.29, 1.82) is 0 Å². The minimum atomic E-state index is -0.669. The van der Waals surface area contributed by atoms with E-state index in [1.807, 2.05) is 36.4 Å². The SMILES string of the molecule is COc1ccccc1OCCC(=O)OCC(=O)NC(Cc1ccccc1)C(C)=O. The van der Waals surface area contributed by atoms with Gasteiger partial charge in [0.05, 0.1) is 26.2 Å². The summed E-state index contributed by atoms with van der Waals surface area (Å²) in [6.07, 6.45) is 0.355. The minimum absolute atomic E-state index is 0.0223. The van der Waals surface area contributed by atoms with E-state index in [1.165, 1.54) is 14.0 Å². The number of para-hydroxylation sites is 2. The Morgan fingerprint density at radius 3 is 2.28 bits per heavy atom. The molecule has 0 aromatic heterocycles. The summed E-state index contributed by atoms with van der Waals surface area (Å²) >= 11 is 0. The first kappa shape index (κ1) is 21.9. The Morgan fingerprint density at radius 2 is 1.62 bits per heavy atom. The minimum Gasteiger partial charge on any atom is -0.493 e. The Bertz CT molecular complexity index is 821. The highest BCUT2D eigenvalue weighted by Gasteiger charge is 2.18. The smallest absolute Gasteiger partial charge is 0.309 e. The van der Waals surface area contributed by atoms with Crippen molar-refractivity contribution in [2.45, 2.75) is 25.8 Å². The molecule has 0 radical (unpaired) electrons. The molecule has 7 nitrogen and oxygen atoms in total. The number of Topliss-reactive ketones (excluding diaryl/α,β-unsaturated/α-hetero) is 1. The van der Waals surface area contributed by atoms with Crippen LogP contribution < -0.4 is 14.8 Å². The van der Waals surface area contributed by atoms with Gasteiger partial charge in [-0.25, -0.2) is 0 Å². The van der Waals surface area contributed by atoms with Gasteiger partial charge in [-0.05, 0) is 31.0 Å². The van der Waals surface area contributed by atoms with E-state index in [4.69, 9.17) is 14.2 Å². The molecule has 7 heteroatoms. The zero-order chi connectivity index (χ0) is 21.1. The molecule has 0 saturated heterocycles. The Labute approximate surface area is 170 Å². The first-order valence-electron chi connectivity index (χ1n) is 9.24. The average molecular weight is 399 g/mol. The van der Waals surface area contributed by atoms with Gasteiger partial charge in [-0.1, -0.05) is 42.5 Å². The molecular weight excluding hydrogens is 374 g/mol. The number of methoxy groups -OCH3 is 1. The van der Waals surface area contributed by atoms with E-state index >= 15 is 0 Å². The van der Waals surface area contributed by atoms with E-state index in [0.29, 0.717) is 17.9 Å². The van der Waals surface area contributed by atoms with Crippen molar-refractivity contribution in [2.75, 3.05) is 20.3 Å². The summed E-state index contributed by atoms with van der Waals surface area (Å²) in [6, 6.07) is 15.8. The van der Waals surface area contributed by atoms with Crippen LogP contribution >= 0.6 is 0 Å². The molecule has 29 heavy (non-hydrogen) atoms. The van der Waals surface area contributed by atoms with Gasteiger partial charge in [0.2, 0.25) is 0 Å². The van der Waals surface area contributed by atoms with Crippen LogP contribution in [0.5, 0.6) is 11.5 Å². The quantitative estimate of drug-likeness (QED) is 0.583. The first-order chi connectivity index (χ1) is 14.0. The fourth-order valence-corrected chi connectivity index (χ4v) is 2.58. The third-order valence-corrected chi connectivity index (χ3v) is 4.11. The fraction of sp³-hybridized carbons (Fsp3) is 0.318. The molecule has 2 rings (SSSR count). The Kier molecular flexibility index (Phi) is 8.69. The Hall–Kier alpha value is -3.35. The van der Waals surface area contributed by atoms with Crippen molar-refractivity contribution in [3.05, 3.63) is 60.2 Å². The van der Waals surface area contributed by atoms with Crippen molar-refractivity contribution < 1.29 is 28.6 Å². The summed E-state index contributed by atoms with van der Waals surface area (Å²) in [5.41, 5.74) is 0.929. The maximum atomic E-state index is 12.0. The number of hydrogen-bond donors (Lipinski definition) is 1. The number of amides is 1. The van der Waals surface area contributed by atoms with Crippen molar-refractivity contribution in [3.8, 4) is 11.5 Å². The molecule has 0 bridgehead atoms. The summed E-state index contributed by atoms with van der Waals surface area (Å²) in [5, 5.41) is 2.60. The van der Waals surface area contributed by atoms with Crippen molar-refractivity contribution in [1.82, 2.24) is 5.32 Å². The van der Waals surface area contributed by atoms with Gasteiger partial charge in [0, 0.05) is 0 Å². The summed E-state index contributed by atoms with van der Waals surface area (Å²) in [7, 11) is 1.53. The van der Waals surface area contributed by atoms with Crippen LogP contribution in [-0.2, 0) is 25.5 Å². The van der Waals surface area contributed by atoms with Crippen LogP contribution in [0, 0.1) is 0 Å². The molecular formula is C22H25NO6. The highest BCUT2D eigenvalue weighted by molar-refractivity contribution is 5.88. The lowest BCUT2D eigenvalue weighted by Gasteiger charge is -2.16. The third kappa shape index (κ3) is 7.65. The highest BCUT2D eigenvalue weighted by Crippen LogP contribution is 2.25. The van der Waals surface area contributed by atoms with E-state index in [9.17, 15) is 14.4 Å². The first-order valence-corrected chi connectivity index (χ1v) is 9.24. The van der Waals surface area contributed by atoms with Crippen molar-refractivity contribution in [3.63, 3.8) is 0 Å². The number of ether oxygens (including phenoxy) is 3. The van der Waals surface area contributed by atoms with Gasteiger partial charge in [-0.15, -0.1) is 0 Å². The second-order valence-corrected chi connectivity index (χ2v) is 6.33. The third-order valence-electron chi connectivity index (χ3n) is 4.11.